The lowest BCUT2D eigenvalue weighted by molar-refractivity contribution is -0.111. The van der Waals surface area contributed by atoms with E-state index in [1.807, 2.05) is 6.92 Å². The van der Waals surface area contributed by atoms with Crippen molar-refractivity contribution in [3.8, 4) is 0 Å². The topological polar surface area (TPSA) is 26.3 Å². The first-order valence-electron chi connectivity index (χ1n) is 11.2. The Morgan fingerprint density at radius 1 is 0.967 bits per heavy atom. The highest BCUT2D eigenvalue weighted by molar-refractivity contribution is 6.99. The van der Waals surface area contributed by atoms with Gasteiger partial charge >= 0.3 is 0 Å². The molecule has 0 aliphatic heterocycles. The lowest BCUT2D eigenvalue weighted by Gasteiger charge is -2.42. The second-order valence-corrected chi connectivity index (χ2v) is 13.5. The highest BCUT2D eigenvalue weighted by atomic mass is 28.4. The van der Waals surface area contributed by atoms with Crippen LogP contribution in [-0.4, -0.2) is 21.2 Å². The normalized spacial score (nSPS) is 14.6. The molecule has 0 saturated heterocycles. The number of allylic oxidation sites excluding steroid dienone is 1. The predicted octanol–water partition coefficient (Wildman–Crippen LogP) is 5.76. The van der Waals surface area contributed by atoms with Gasteiger partial charge in [-0.25, -0.2) is 0 Å². The van der Waals surface area contributed by atoms with Crippen LogP contribution in [-0.2, 0) is 9.22 Å². The Hall–Kier alpha value is -1.97. The van der Waals surface area contributed by atoms with Crippen LogP contribution in [0, 0.1) is 11.8 Å². The molecular formula is C27H38O2Si. The summed E-state index contributed by atoms with van der Waals surface area (Å²) in [6.45, 7) is 11.6. The van der Waals surface area contributed by atoms with E-state index in [0.717, 1.165) is 25.5 Å². The third-order valence-corrected chi connectivity index (χ3v) is 11.0. The number of unbranched alkanes of at least 4 members (excludes halogenated alkanes) is 1. The summed E-state index contributed by atoms with van der Waals surface area (Å²) in [5, 5.41) is 2.56. The maximum atomic E-state index is 11.3. The van der Waals surface area contributed by atoms with Crippen LogP contribution >= 0.6 is 0 Å². The van der Waals surface area contributed by atoms with Crippen molar-refractivity contribution in [3.63, 3.8) is 0 Å². The van der Waals surface area contributed by atoms with Crippen LogP contribution < -0.4 is 10.4 Å². The summed E-state index contributed by atoms with van der Waals surface area (Å²) in [5.41, 5.74) is 0. The Kier molecular flexibility index (Phi) is 9.26. The standard InChI is InChI=1S/C27H38O2Si/c1-6-7-15-24(23(2)22-28)16-14-21-29-30(27(3,4)5,25-17-10-8-11-18-25)26-19-12-9-13-20-26/h8-14,16-20,22-24H,6-7,15,21H2,1-5H3/b16-14+/t23-,24+/m1/s1. The largest absolute Gasteiger partial charge is 0.404 e. The van der Waals surface area contributed by atoms with E-state index in [9.17, 15) is 4.79 Å². The van der Waals surface area contributed by atoms with E-state index in [2.05, 4.69) is 101 Å². The van der Waals surface area contributed by atoms with Crippen molar-refractivity contribution in [1.29, 1.82) is 0 Å². The number of aldehydes is 1. The number of carbonyl (C=O) groups excluding carboxylic acids is 1. The monoisotopic (exact) mass is 422 g/mol. The molecule has 0 aliphatic rings. The van der Waals surface area contributed by atoms with Crippen LogP contribution in [0.1, 0.15) is 53.9 Å². The van der Waals surface area contributed by atoms with Gasteiger partial charge in [0.2, 0.25) is 0 Å². The molecule has 0 fully saturated rings. The summed E-state index contributed by atoms with van der Waals surface area (Å²) in [7, 11) is -2.50. The van der Waals surface area contributed by atoms with Crippen molar-refractivity contribution in [3.05, 3.63) is 72.8 Å². The van der Waals surface area contributed by atoms with E-state index in [0.29, 0.717) is 6.61 Å². The average Bonchev–Trinajstić information content (AvgIpc) is 2.75. The maximum absolute atomic E-state index is 11.3. The molecule has 2 atom stereocenters. The zero-order chi connectivity index (χ0) is 22.0. The van der Waals surface area contributed by atoms with Gasteiger partial charge in [0, 0.05) is 5.92 Å². The minimum absolute atomic E-state index is 0.0265. The van der Waals surface area contributed by atoms with Crippen molar-refractivity contribution in [1.82, 2.24) is 0 Å². The van der Waals surface area contributed by atoms with Gasteiger partial charge in [-0.1, -0.05) is 120 Å². The molecule has 0 spiro atoms. The lowest BCUT2D eigenvalue weighted by Crippen LogP contribution is -2.66. The van der Waals surface area contributed by atoms with Crippen LogP contribution in [0.25, 0.3) is 0 Å². The predicted molar refractivity (Wildman–Crippen MR) is 131 cm³/mol. The number of rotatable bonds is 11. The van der Waals surface area contributed by atoms with E-state index in [1.54, 1.807) is 0 Å². The van der Waals surface area contributed by atoms with Crippen LogP contribution in [0.15, 0.2) is 72.8 Å². The first-order chi connectivity index (χ1) is 14.4. The summed E-state index contributed by atoms with van der Waals surface area (Å²) < 4.78 is 6.90. The molecule has 2 aromatic rings. The minimum Gasteiger partial charge on any atom is -0.404 e. The Labute approximate surface area is 184 Å². The van der Waals surface area contributed by atoms with Crippen molar-refractivity contribution in [2.24, 2.45) is 11.8 Å². The van der Waals surface area contributed by atoms with Gasteiger partial charge in [0.15, 0.2) is 0 Å². The number of hydrogen-bond donors (Lipinski definition) is 0. The zero-order valence-corrected chi connectivity index (χ0v) is 20.3. The van der Waals surface area contributed by atoms with Gasteiger partial charge in [-0.15, -0.1) is 0 Å². The zero-order valence-electron chi connectivity index (χ0n) is 19.3. The summed E-state index contributed by atoms with van der Waals surface area (Å²) >= 11 is 0. The molecule has 2 nitrogen and oxygen atoms in total. The van der Waals surface area contributed by atoms with E-state index in [1.165, 1.54) is 10.4 Å². The molecule has 3 heteroatoms. The highest BCUT2D eigenvalue weighted by Gasteiger charge is 2.49. The van der Waals surface area contributed by atoms with E-state index in [-0.39, 0.29) is 16.9 Å². The van der Waals surface area contributed by atoms with Gasteiger partial charge in [0.25, 0.3) is 8.32 Å². The van der Waals surface area contributed by atoms with E-state index >= 15 is 0 Å². The van der Waals surface area contributed by atoms with Crippen molar-refractivity contribution >= 4 is 25.0 Å². The highest BCUT2D eigenvalue weighted by Crippen LogP contribution is 2.36. The summed E-state index contributed by atoms with van der Waals surface area (Å²) in [4.78, 5) is 11.3. The SMILES string of the molecule is CCCC[C@@H](/C=C/CO[Si](c1ccccc1)(c1ccccc1)C(C)(C)C)[C@H](C)C=O. The molecule has 0 unspecified atom stereocenters. The van der Waals surface area contributed by atoms with E-state index < -0.39 is 8.32 Å². The Morgan fingerprint density at radius 2 is 1.50 bits per heavy atom. The van der Waals surface area contributed by atoms with Gasteiger partial charge in [-0.3, -0.25) is 0 Å². The van der Waals surface area contributed by atoms with Crippen LogP contribution in [0.3, 0.4) is 0 Å². The first-order valence-corrected chi connectivity index (χ1v) is 13.1. The number of carbonyl (C=O) groups is 1. The van der Waals surface area contributed by atoms with Crippen LogP contribution in [0.5, 0.6) is 0 Å². The number of benzene rings is 2. The van der Waals surface area contributed by atoms with E-state index in [4.69, 9.17) is 4.43 Å². The smallest absolute Gasteiger partial charge is 0.261 e. The summed E-state index contributed by atoms with van der Waals surface area (Å²) in [6.07, 6.45) is 8.75. The second-order valence-electron chi connectivity index (χ2n) is 9.20. The van der Waals surface area contributed by atoms with Crippen LogP contribution in [0.2, 0.25) is 5.04 Å². The molecule has 0 radical (unpaired) electrons. The fraction of sp³-hybridized carbons (Fsp3) is 0.444. The molecule has 0 saturated carbocycles. The molecule has 0 heterocycles. The molecule has 0 aliphatic carbocycles. The summed E-state index contributed by atoms with van der Waals surface area (Å²) in [5.74, 6) is 0.325. The minimum atomic E-state index is -2.50. The number of hydrogen-bond acceptors (Lipinski definition) is 2. The lowest BCUT2D eigenvalue weighted by atomic mass is 9.90. The molecule has 162 valence electrons. The third kappa shape index (κ3) is 5.80. The molecule has 2 aromatic carbocycles. The quantitative estimate of drug-likeness (QED) is 0.261. The molecule has 2 rings (SSSR count). The molecule has 0 aromatic heterocycles. The Balaban J connectivity index is 2.36. The first kappa shape index (κ1) is 24.3. The van der Waals surface area contributed by atoms with Crippen molar-refractivity contribution in [2.75, 3.05) is 6.61 Å². The third-order valence-electron chi connectivity index (χ3n) is 5.98. The molecular weight excluding hydrogens is 384 g/mol. The van der Waals surface area contributed by atoms with Gasteiger partial charge in [0.05, 0.1) is 6.61 Å². The second kappa shape index (κ2) is 11.4. The van der Waals surface area contributed by atoms with Crippen molar-refractivity contribution < 1.29 is 9.22 Å². The Morgan fingerprint density at radius 3 is 1.93 bits per heavy atom. The molecule has 30 heavy (non-hydrogen) atoms. The maximum Gasteiger partial charge on any atom is 0.261 e. The van der Waals surface area contributed by atoms with Gasteiger partial charge in [-0.05, 0) is 27.8 Å². The fourth-order valence-corrected chi connectivity index (χ4v) is 8.74. The molecule has 0 N–H and O–H groups in total. The molecule has 0 amide bonds. The van der Waals surface area contributed by atoms with Gasteiger partial charge < -0.3 is 9.22 Å². The van der Waals surface area contributed by atoms with Crippen molar-refractivity contribution in [2.45, 2.75) is 58.9 Å². The summed E-state index contributed by atoms with van der Waals surface area (Å²) in [6, 6.07) is 21.4. The van der Waals surface area contributed by atoms with Crippen LogP contribution in [0.4, 0.5) is 0 Å². The van der Waals surface area contributed by atoms with Gasteiger partial charge in [-0.2, -0.15) is 0 Å². The average molecular weight is 423 g/mol. The van der Waals surface area contributed by atoms with Gasteiger partial charge in [0.1, 0.15) is 6.29 Å². The fourth-order valence-electron chi connectivity index (χ4n) is 4.24. The molecule has 0 bridgehead atoms. The Bertz CT molecular complexity index is 738.